The van der Waals surface area contributed by atoms with Crippen LogP contribution >= 0.6 is 0 Å². The van der Waals surface area contributed by atoms with Gasteiger partial charge in [0.05, 0.1) is 11.2 Å². The summed E-state index contributed by atoms with van der Waals surface area (Å²) in [5.74, 6) is -4.12. The number of nitrogens with one attached hydrogen (secondary N) is 1. The third-order valence-electron chi connectivity index (χ3n) is 3.10. The largest absolute Gasteiger partial charge is 0.500 e. The number of halogens is 1. The predicted octanol–water partition coefficient (Wildman–Crippen LogP) is 1.01. The molecule has 3 N–H and O–H groups in total. The highest BCUT2D eigenvalue weighted by molar-refractivity contribution is 7.89. The molecule has 0 amide bonds. The summed E-state index contributed by atoms with van der Waals surface area (Å²) in [5.41, 5.74) is -1.16. The molecule has 134 valence electrons. The quantitative estimate of drug-likeness (QED) is 0.478. The van der Waals surface area contributed by atoms with E-state index in [1.54, 1.807) is 0 Å². The third-order valence-corrected chi connectivity index (χ3v) is 4.45. The van der Waals surface area contributed by atoms with Crippen molar-refractivity contribution in [2.24, 2.45) is 0 Å². The van der Waals surface area contributed by atoms with Gasteiger partial charge >= 0.3 is 11.7 Å². The molecule has 1 unspecified atom stereocenters. The van der Waals surface area contributed by atoms with Gasteiger partial charge in [-0.1, -0.05) is 0 Å². The summed E-state index contributed by atoms with van der Waals surface area (Å²) in [6.07, 6.45) is 0.469. The zero-order valence-electron chi connectivity index (χ0n) is 12.2. The van der Waals surface area contributed by atoms with E-state index in [-0.39, 0.29) is 5.56 Å². The van der Waals surface area contributed by atoms with Crippen LogP contribution in [0.25, 0.3) is 0 Å². The van der Waals surface area contributed by atoms with E-state index in [2.05, 4.69) is 4.42 Å². The molecule has 0 aliphatic rings. The van der Waals surface area contributed by atoms with Crippen LogP contribution in [0, 0.1) is 15.9 Å². The van der Waals surface area contributed by atoms with E-state index >= 15 is 0 Å². The van der Waals surface area contributed by atoms with Gasteiger partial charge in [-0.05, 0) is 30.2 Å². The first-order valence-corrected chi connectivity index (χ1v) is 8.04. The average Bonchev–Trinajstić information content (AvgIpc) is 3.04. The van der Waals surface area contributed by atoms with Crippen LogP contribution in [0.4, 0.5) is 10.1 Å². The van der Waals surface area contributed by atoms with Crippen molar-refractivity contribution in [1.82, 2.24) is 4.72 Å². The summed E-state index contributed by atoms with van der Waals surface area (Å²) in [7, 11) is -4.30. The Kier molecular flexibility index (Phi) is 5.04. The molecule has 1 atom stereocenters. The second kappa shape index (κ2) is 6.86. The van der Waals surface area contributed by atoms with Crippen molar-refractivity contribution in [2.75, 3.05) is 0 Å². The zero-order chi connectivity index (χ0) is 18.8. The summed E-state index contributed by atoms with van der Waals surface area (Å²) in [6, 6.07) is 2.06. The van der Waals surface area contributed by atoms with Gasteiger partial charge in [-0.15, -0.1) is 0 Å². The number of phenolic OH excluding ortho intramolecular Hbond substituents is 1. The van der Waals surface area contributed by atoms with Gasteiger partial charge in [-0.2, -0.15) is 4.72 Å². The van der Waals surface area contributed by atoms with Gasteiger partial charge in [0.2, 0.25) is 10.8 Å². The van der Waals surface area contributed by atoms with Crippen LogP contribution in [0.1, 0.15) is 5.56 Å². The van der Waals surface area contributed by atoms with Crippen molar-refractivity contribution in [2.45, 2.75) is 17.6 Å². The lowest BCUT2D eigenvalue weighted by atomic mass is 10.1. The minimum absolute atomic E-state index is 0.198. The molecule has 12 heteroatoms. The number of hydrogen-bond donors (Lipinski definition) is 3. The highest BCUT2D eigenvalue weighted by Gasteiger charge is 2.29. The van der Waals surface area contributed by atoms with Crippen molar-refractivity contribution in [3.63, 3.8) is 0 Å². The lowest BCUT2D eigenvalue weighted by Gasteiger charge is -2.14. The second-order valence-corrected chi connectivity index (χ2v) is 6.50. The normalized spacial score (nSPS) is 12.7. The topological polar surface area (TPSA) is 160 Å². The number of hydrogen-bond acceptors (Lipinski definition) is 7. The number of aliphatic carboxylic acids is 1. The summed E-state index contributed by atoms with van der Waals surface area (Å²) in [6.45, 7) is 0. The fraction of sp³-hybridized carbons (Fsp3) is 0.154. The first kappa shape index (κ1) is 18.4. The molecule has 0 bridgehead atoms. The maximum Gasteiger partial charge on any atom is 0.322 e. The molecule has 1 heterocycles. The SMILES string of the molecule is O=C(O)C(Cc1cc(F)c(O)c([N+](=O)[O-])c1)NS(=O)(=O)c1ccco1. The number of phenols is 1. The van der Waals surface area contributed by atoms with Crippen LogP contribution < -0.4 is 4.72 Å². The molecule has 2 rings (SSSR count). The van der Waals surface area contributed by atoms with E-state index in [0.717, 1.165) is 18.4 Å². The molecule has 1 aromatic heterocycles. The van der Waals surface area contributed by atoms with Gasteiger partial charge in [0.25, 0.3) is 10.0 Å². The molecule has 2 aromatic rings. The number of benzene rings is 1. The molecule has 25 heavy (non-hydrogen) atoms. The van der Waals surface area contributed by atoms with Crippen LogP contribution in [0.15, 0.2) is 40.0 Å². The van der Waals surface area contributed by atoms with E-state index in [4.69, 9.17) is 5.11 Å². The smallest absolute Gasteiger partial charge is 0.322 e. The minimum Gasteiger partial charge on any atom is -0.500 e. The highest BCUT2D eigenvalue weighted by Crippen LogP contribution is 2.30. The van der Waals surface area contributed by atoms with E-state index in [9.17, 15) is 32.8 Å². The van der Waals surface area contributed by atoms with Gasteiger partial charge in [0.15, 0.2) is 5.82 Å². The van der Waals surface area contributed by atoms with Gasteiger partial charge in [-0.3, -0.25) is 14.9 Å². The number of nitro benzene ring substituents is 1. The van der Waals surface area contributed by atoms with Crippen LogP contribution in [0.2, 0.25) is 0 Å². The predicted molar refractivity (Wildman–Crippen MR) is 78.9 cm³/mol. The summed E-state index contributed by atoms with van der Waals surface area (Å²) < 4.78 is 44.1. The van der Waals surface area contributed by atoms with E-state index < -0.39 is 55.7 Å². The number of rotatable bonds is 7. The number of sulfonamides is 1. The number of carbonyl (C=O) groups is 1. The molecule has 1 aromatic carbocycles. The van der Waals surface area contributed by atoms with Crippen molar-refractivity contribution in [3.05, 3.63) is 52.0 Å². The Balaban J connectivity index is 2.32. The molecule has 0 fully saturated rings. The van der Waals surface area contributed by atoms with Gasteiger partial charge < -0.3 is 14.6 Å². The van der Waals surface area contributed by atoms with Crippen LogP contribution in [-0.4, -0.2) is 35.6 Å². The van der Waals surface area contributed by atoms with Crippen molar-refractivity contribution in [1.29, 1.82) is 0 Å². The maximum absolute atomic E-state index is 13.6. The van der Waals surface area contributed by atoms with E-state index in [1.807, 2.05) is 4.72 Å². The van der Waals surface area contributed by atoms with Gasteiger partial charge in [0.1, 0.15) is 6.04 Å². The van der Waals surface area contributed by atoms with E-state index in [0.29, 0.717) is 6.07 Å². The number of furan rings is 1. The van der Waals surface area contributed by atoms with Crippen molar-refractivity contribution >= 4 is 21.7 Å². The van der Waals surface area contributed by atoms with Crippen LogP contribution in [0.5, 0.6) is 5.75 Å². The van der Waals surface area contributed by atoms with Gasteiger partial charge in [0, 0.05) is 6.07 Å². The summed E-state index contributed by atoms with van der Waals surface area (Å²) in [5, 5.41) is 28.7. The molecular weight excluding hydrogens is 363 g/mol. The fourth-order valence-electron chi connectivity index (χ4n) is 1.97. The van der Waals surface area contributed by atoms with E-state index in [1.165, 1.54) is 6.07 Å². The zero-order valence-corrected chi connectivity index (χ0v) is 13.1. The molecule has 10 nitrogen and oxygen atoms in total. The van der Waals surface area contributed by atoms with Crippen molar-refractivity contribution < 1.29 is 37.2 Å². The lowest BCUT2D eigenvalue weighted by molar-refractivity contribution is -0.386. The standard InChI is InChI=1S/C13H11FN2O8S/c14-8-4-7(6-10(12(8)17)16(20)21)5-9(13(18)19)15-25(22,23)11-2-1-3-24-11/h1-4,6,9,15,17H,5H2,(H,18,19). The van der Waals surface area contributed by atoms with Crippen LogP contribution in [-0.2, 0) is 21.2 Å². The maximum atomic E-state index is 13.6. The minimum atomic E-state index is -4.30. The first-order valence-electron chi connectivity index (χ1n) is 6.56. The Hall–Kier alpha value is -2.99. The first-order chi connectivity index (χ1) is 11.6. The molecule has 0 radical (unpaired) electrons. The average molecular weight is 374 g/mol. The number of nitro groups is 1. The lowest BCUT2D eigenvalue weighted by Crippen LogP contribution is -2.42. The van der Waals surface area contributed by atoms with Crippen LogP contribution in [0.3, 0.4) is 0 Å². The Bertz CT molecular complexity index is 910. The number of carboxylic acid groups (broad SMARTS) is 1. The molecule has 0 saturated carbocycles. The summed E-state index contributed by atoms with van der Waals surface area (Å²) >= 11 is 0. The number of aromatic hydroxyl groups is 1. The Morgan fingerprint density at radius 2 is 2.12 bits per heavy atom. The Labute approximate surface area is 139 Å². The molecule has 0 saturated heterocycles. The highest BCUT2D eigenvalue weighted by atomic mass is 32.2. The molecule has 0 aliphatic heterocycles. The third kappa shape index (κ3) is 4.10. The monoisotopic (exact) mass is 374 g/mol. The molecule has 0 spiro atoms. The van der Waals surface area contributed by atoms with Crippen molar-refractivity contribution in [3.8, 4) is 5.75 Å². The van der Waals surface area contributed by atoms with Gasteiger partial charge in [-0.25, -0.2) is 12.8 Å². The Morgan fingerprint density at radius 3 is 2.64 bits per heavy atom. The molecular formula is C13H11FN2O8S. The fourth-order valence-corrected chi connectivity index (χ4v) is 3.09. The molecule has 0 aliphatic carbocycles. The summed E-state index contributed by atoms with van der Waals surface area (Å²) in [4.78, 5) is 21.0. The second-order valence-electron chi connectivity index (χ2n) is 4.85. The Morgan fingerprint density at radius 1 is 1.44 bits per heavy atom. The number of carboxylic acids is 1. The number of nitrogens with zero attached hydrogens (tertiary/aromatic N) is 1.